The van der Waals surface area contributed by atoms with Crippen LogP contribution in [0.25, 0.3) is 0 Å². The van der Waals surface area contributed by atoms with Crippen molar-refractivity contribution in [1.29, 1.82) is 0 Å². The summed E-state index contributed by atoms with van der Waals surface area (Å²) in [5.41, 5.74) is -3.04. The first-order valence-electron chi connectivity index (χ1n) is 8.89. The molecule has 12 heteroatoms. The molecule has 1 fully saturated rings. The van der Waals surface area contributed by atoms with Crippen LogP contribution in [0.1, 0.15) is 15.9 Å². The molecule has 1 aliphatic heterocycles. The number of pyridine rings is 1. The monoisotopic (exact) mass is 425 g/mol. The summed E-state index contributed by atoms with van der Waals surface area (Å²) < 4.78 is 39.8. The summed E-state index contributed by atoms with van der Waals surface area (Å²) in [4.78, 5) is 40.4. The zero-order chi connectivity index (χ0) is 22.1. The summed E-state index contributed by atoms with van der Waals surface area (Å²) in [6.45, 7) is 2.57. The number of nitrogens with one attached hydrogen (secondary N) is 2. The van der Waals surface area contributed by atoms with Crippen LogP contribution in [-0.4, -0.2) is 53.9 Å². The molecular formula is C18H18F3N5O4. The topological polar surface area (TPSA) is 112 Å². The molecule has 0 aliphatic carbocycles. The van der Waals surface area contributed by atoms with Crippen molar-refractivity contribution in [3.05, 3.63) is 62.1 Å². The number of rotatable bonds is 4. The average molecular weight is 425 g/mol. The van der Waals surface area contributed by atoms with Gasteiger partial charge >= 0.3 is 6.18 Å². The standard InChI is InChI=1S/C18H18F3N5O4/c1-24-4-6-25(7-5-24)15-3-2-11(26(29)30)8-14(15)23-17(28)12-10-22-16(27)9-13(12)18(19,20)21/h2-3,8-10H,4-7H2,1H3,(H,22,27)(H,23,28). The molecule has 2 aromatic rings. The highest BCUT2D eigenvalue weighted by Crippen LogP contribution is 2.34. The number of anilines is 2. The Bertz CT molecular complexity index is 1030. The van der Waals surface area contributed by atoms with Gasteiger partial charge in [0.15, 0.2) is 0 Å². The molecule has 0 atom stereocenters. The van der Waals surface area contributed by atoms with Gasteiger partial charge in [-0.15, -0.1) is 0 Å². The number of halogens is 3. The normalized spacial score (nSPS) is 15.1. The van der Waals surface area contributed by atoms with Gasteiger partial charge in [-0.05, 0) is 13.1 Å². The SMILES string of the molecule is CN1CCN(c2ccc([N+](=O)[O-])cc2NC(=O)c2c[nH]c(=O)cc2C(F)(F)F)CC1. The number of alkyl halides is 3. The van der Waals surface area contributed by atoms with Crippen LogP contribution < -0.4 is 15.8 Å². The van der Waals surface area contributed by atoms with Gasteiger partial charge in [0.25, 0.3) is 11.6 Å². The van der Waals surface area contributed by atoms with E-state index in [1.54, 1.807) is 0 Å². The Morgan fingerprint density at radius 2 is 1.87 bits per heavy atom. The van der Waals surface area contributed by atoms with Gasteiger partial charge in [-0.2, -0.15) is 13.2 Å². The molecule has 1 amide bonds. The average Bonchev–Trinajstić information content (AvgIpc) is 2.68. The summed E-state index contributed by atoms with van der Waals surface area (Å²) in [7, 11) is 1.94. The van der Waals surface area contributed by atoms with Gasteiger partial charge in [-0.25, -0.2) is 0 Å². The van der Waals surface area contributed by atoms with Crippen molar-refractivity contribution < 1.29 is 22.9 Å². The van der Waals surface area contributed by atoms with Crippen LogP contribution >= 0.6 is 0 Å². The Labute approximate surface area is 168 Å². The lowest BCUT2D eigenvalue weighted by atomic mass is 10.1. The number of hydrogen-bond donors (Lipinski definition) is 2. The van der Waals surface area contributed by atoms with E-state index >= 15 is 0 Å². The van der Waals surface area contributed by atoms with E-state index in [0.29, 0.717) is 44.1 Å². The van der Waals surface area contributed by atoms with E-state index < -0.39 is 33.7 Å². The number of carbonyl (C=O) groups excluding carboxylic acids is 1. The summed E-state index contributed by atoms with van der Waals surface area (Å²) >= 11 is 0. The van der Waals surface area contributed by atoms with Gasteiger partial charge in [0.05, 0.1) is 27.4 Å². The highest BCUT2D eigenvalue weighted by atomic mass is 19.4. The van der Waals surface area contributed by atoms with Crippen LogP contribution in [-0.2, 0) is 6.18 Å². The predicted octanol–water partition coefficient (Wildman–Crippen LogP) is 2.31. The van der Waals surface area contributed by atoms with Crippen LogP contribution in [0.5, 0.6) is 0 Å². The molecular weight excluding hydrogens is 407 g/mol. The van der Waals surface area contributed by atoms with Crippen LogP contribution in [0.2, 0.25) is 0 Å². The quantitative estimate of drug-likeness (QED) is 0.574. The number of amides is 1. The molecule has 9 nitrogen and oxygen atoms in total. The smallest absolute Gasteiger partial charge is 0.367 e. The van der Waals surface area contributed by atoms with Crippen molar-refractivity contribution in [2.45, 2.75) is 6.18 Å². The van der Waals surface area contributed by atoms with Gasteiger partial charge in [0, 0.05) is 50.6 Å². The van der Waals surface area contributed by atoms with Gasteiger partial charge in [0.1, 0.15) is 0 Å². The van der Waals surface area contributed by atoms with Gasteiger partial charge in [0.2, 0.25) is 5.56 Å². The number of nitro benzene ring substituents is 1. The third kappa shape index (κ3) is 4.59. The highest BCUT2D eigenvalue weighted by Gasteiger charge is 2.36. The molecule has 1 aliphatic rings. The zero-order valence-electron chi connectivity index (χ0n) is 15.8. The van der Waals surface area contributed by atoms with Crippen molar-refractivity contribution in [2.75, 3.05) is 43.4 Å². The molecule has 1 aromatic heterocycles. The number of carbonyl (C=O) groups is 1. The third-order valence-corrected chi connectivity index (χ3v) is 4.76. The second kappa shape index (κ2) is 8.14. The first kappa shape index (κ1) is 21.3. The van der Waals surface area contributed by atoms with Crippen molar-refractivity contribution in [3.8, 4) is 0 Å². The number of aromatic amines is 1. The minimum Gasteiger partial charge on any atom is -0.367 e. The maximum absolute atomic E-state index is 13.3. The lowest BCUT2D eigenvalue weighted by Crippen LogP contribution is -2.44. The Balaban J connectivity index is 1.99. The second-order valence-corrected chi connectivity index (χ2v) is 6.83. The first-order valence-corrected chi connectivity index (χ1v) is 8.89. The number of piperazine rings is 1. The molecule has 1 aromatic carbocycles. The Hall–Kier alpha value is -3.41. The van der Waals surface area contributed by atoms with E-state index in [1.165, 1.54) is 12.1 Å². The van der Waals surface area contributed by atoms with Crippen molar-refractivity contribution in [1.82, 2.24) is 9.88 Å². The van der Waals surface area contributed by atoms with Crippen LogP contribution in [0.15, 0.2) is 35.3 Å². The lowest BCUT2D eigenvalue weighted by Gasteiger charge is -2.35. The molecule has 3 rings (SSSR count). The zero-order valence-corrected chi connectivity index (χ0v) is 15.8. The van der Waals surface area contributed by atoms with Gasteiger partial charge in [-0.3, -0.25) is 19.7 Å². The molecule has 0 radical (unpaired) electrons. The molecule has 2 N–H and O–H groups in total. The maximum Gasteiger partial charge on any atom is 0.417 e. The fourth-order valence-corrected chi connectivity index (χ4v) is 3.14. The highest BCUT2D eigenvalue weighted by molar-refractivity contribution is 6.07. The number of nitrogens with zero attached hydrogens (tertiary/aromatic N) is 3. The van der Waals surface area contributed by atoms with E-state index in [-0.39, 0.29) is 11.4 Å². The van der Waals surface area contributed by atoms with E-state index in [4.69, 9.17) is 0 Å². The van der Waals surface area contributed by atoms with E-state index in [0.717, 1.165) is 6.07 Å². The molecule has 160 valence electrons. The van der Waals surface area contributed by atoms with Crippen molar-refractivity contribution in [2.24, 2.45) is 0 Å². The third-order valence-electron chi connectivity index (χ3n) is 4.76. The molecule has 0 saturated carbocycles. The predicted molar refractivity (Wildman–Crippen MR) is 103 cm³/mol. The number of H-pyrrole nitrogens is 1. The largest absolute Gasteiger partial charge is 0.417 e. The number of likely N-dealkylation sites (N-methyl/N-ethyl adjacent to an activating group) is 1. The van der Waals surface area contributed by atoms with E-state index in [1.807, 2.05) is 11.9 Å². The molecule has 0 spiro atoms. The number of benzene rings is 1. The molecule has 0 bridgehead atoms. The molecule has 2 heterocycles. The maximum atomic E-state index is 13.3. The van der Waals surface area contributed by atoms with Gasteiger partial charge in [-0.1, -0.05) is 0 Å². The van der Waals surface area contributed by atoms with E-state index in [9.17, 15) is 32.9 Å². The number of nitro groups is 1. The first-order chi connectivity index (χ1) is 14.1. The van der Waals surface area contributed by atoms with Crippen molar-refractivity contribution in [3.63, 3.8) is 0 Å². The summed E-state index contributed by atoms with van der Waals surface area (Å²) in [6, 6.07) is 4.12. The Kier molecular flexibility index (Phi) is 5.78. The molecule has 30 heavy (non-hydrogen) atoms. The number of hydrogen-bond acceptors (Lipinski definition) is 6. The summed E-state index contributed by atoms with van der Waals surface area (Å²) in [6.07, 6.45) is -4.25. The fraction of sp³-hybridized carbons (Fsp3) is 0.333. The van der Waals surface area contributed by atoms with E-state index in [2.05, 4.69) is 15.2 Å². The Morgan fingerprint density at radius 3 is 2.47 bits per heavy atom. The molecule has 1 saturated heterocycles. The van der Waals surface area contributed by atoms with Gasteiger partial charge < -0.3 is 20.1 Å². The lowest BCUT2D eigenvalue weighted by molar-refractivity contribution is -0.384. The summed E-state index contributed by atoms with van der Waals surface area (Å²) in [5.74, 6) is -1.14. The molecule has 0 unspecified atom stereocenters. The van der Waals surface area contributed by atoms with Crippen LogP contribution in [0, 0.1) is 10.1 Å². The van der Waals surface area contributed by atoms with Crippen LogP contribution in [0.3, 0.4) is 0 Å². The van der Waals surface area contributed by atoms with Crippen LogP contribution in [0.4, 0.5) is 30.2 Å². The Morgan fingerprint density at radius 1 is 1.20 bits per heavy atom. The fourth-order valence-electron chi connectivity index (χ4n) is 3.14. The number of non-ortho nitro benzene ring substituents is 1. The van der Waals surface area contributed by atoms with Crippen molar-refractivity contribution >= 4 is 23.0 Å². The number of aromatic nitrogens is 1. The second-order valence-electron chi connectivity index (χ2n) is 6.83. The summed E-state index contributed by atoms with van der Waals surface area (Å²) in [5, 5.41) is 13.5. The minimum atomic E-state index is -4.93. The minimum absolute atomic E-state index is 0.0121.